The molecule has 4 heteroatoms. The van der Waals surface area contributed by atoms with Crippen LogP contribution in [0.5, 0.6) is 5.75 Å². The Morgan fingerprint density at radius 1 is 1.09 bits per heavy atom. The smallest absolute Gasteiger partial charge is 0.194 e. The Labute approximate surface area is 134 Å². The van der Waals surface area contributed by atoms with Crippen molar-refractivity contribution in [3.8, 4) is 5.75 Å². The lowest BCUT2D eigenvalue weighted by Gasteiger charge is -2.33. The van der Waals surface area contributed by atoms with E-state index in [2.05, 4.69) is 6.92 Å². The fraction of sp³-hybridized carbons (Fsp3) is 0.316. The second-order valence-corrected chi connectivity index (χ2v) is 6.63. The quantitative estimate of drug-likeness (QED) is 0.699. The van der Waals surface area contributed by atoms with Crippen LogP contribution < -0.4 is 0 Å². The summed E-state index contributed by atoms with van der Waals surface area (Å²) in [5.41, 5.74) is 3.06. The van der Waals surface area contributed by atoms with E-state index in [4.69, 9.17) is 0 Å². The minimum Gasteiger partial charge on any atom is -0.508 e. The zero-order chi connectivity index (χ0) is 16.3. The molecule has 0 bridgehead atoms. The summed E-state index contributed by atoms with van der Waals surface area (Å²) >= 11 is 0. The molecule has 23 heavy (non-hydrogen) atoms. The van der Waals surface area contributed by atoms with Crippen LogP contribution in [0.4, 0.5) is 0 Å². The molecular formula is C19H18O4. The molecule has 0 spiro atoms. The van der Waals surface area contributed by atoms with Gasteiger partial charge >= 0.3 is 0 Å². The highest BCUT2D eigenvalue weighted by Gasteiger charge is 2.37. The van der Waals surface area contributed by atoms with Gasteiger partial charge < -0.3 is 15.3 Å². The van der Waals surface area contributed by atoms with Crippen LogP contribution in [0.25, 0.3) is 0 Å². The Morgan fingerprint density at radius 3 is 2.65 bits per heavy atom. The minimum absolute atomic E-state index is 0.0825. The topological polar surface area (TPSA) is 77.8 Å². The molecule has 0 aromatic heterocycles. The van der Waals surface area contributed by atoms with Gasteiger partial charge in [-0.05, 0) is 41.5 Å². The fourth-order valence-corrected chi connectivity index (χ4v) is 4.01. The summed E-state index contributed by atoms with van der Waals surface area (Å²) in [6, 6.07) is 8.30. The molecule has 3 atom stereocenters. The van der Waals surface area contributed by atoms with Gasteiger partial charge in [0.2, 0.25) is 0 Å². The number of fused-ring (bicyclic) bond motifs is 4. The van der Waals surface area contributed by atoms with E-state index in [1.807, 2.05) is 6.07 Å². The molecule has 2 aliphatic rings. The van der Waals surface area contributed by atoms with Crippen molar-refractivity contribution in [2.24, 2.45) is 5.92 Å². The van der Waals surface area contributed by atoms with Gasteiger partial charge in [0.05, 0.1) is 6.10 Å². The van der Waals surface area contributed by atoms with E-state index in [1.54, 1.807) is 18.2 Å². The third-order valence-corrected chi connectivity index (χ3v) is 5.02. The largest absolute Gasteiger partial charge is 0.508 e. The van der Waals surface area contributed by atoms with Crippen molar-refractivity contribution in [2.75, 3.05) is 0 Å². The third kappa shape index (κ3) is 1.95. The fourth-order valence-electron chi connectivity index (χ4n) is 4.01. The predicted molar refractivity (Wildman–Crippen MR) is 84.5 cm³/mol. The number of aromatic hydroxyl groups is 1. The molecule has 4 rings (SSSR count). The maximum Gasteiger partial charge on any atom is 0.194 e. The number of ketones is 1. The number of phenols is 1. The van der Waals surface area contributed by atoms with E-state index in [1.165, 1.54) is 6.07 Å². The van der Waals surface area contributed by atoms with Crippen molar-refractivity contribution in [1.82, 2.24) is 0 Å². The number of hydrogen-bond acceptors (Lipinski definition) is 4. The molecule has 0 fully saturated rings. The zero-order valence-electron chi connectivity index (χ0n) is 12.8. The Kier molecular flexibility index (Phi) is 3.08. The average molecular weight is 310 g/mol. The van der Waals surface area contributed by atoms with E-state index in [-0.39, 0.29) is 17.1 Å². The number of aliphatic hydroxyl groups is 2. The van der Waals surface area contributed by atoms with Crippen LogP contribution in [0, 0.1) is 5.92 Å². The van der Waals surface area contributed by atoms with Gasteiger partial charge in [0, 0.05) is 16.7 Å². The molecule has 3 N–H and O–H groups in total. The second-order valence-electron chi connectivity index (χ2n) is 6.63. The van der Waals surface area contributed by atoms with Crippen molar-refractivity contribution >= 4 is 5.78 Å². The SMILES string of the molecule is C[C@@H]1Cc2ccc3c(c2[C@@H](O)C1)C(=O)c1cccc(O)c1[C@@H]3O. The summed E-state index contributed by atoms with van der Waals surface area (Å²) in [6.07, 6.45) is -0.329. The molecule has 0 unspecified atom stereocenters. The first kappa shape index (κ1) is 14.4. The van der Waals surface area contributed by atoms with Crippen LogP contribution in [-0.4, -0.2) is 21.1 Å². The van der Waals surface area contributed by atoms with Gasteiger partial charge in [-0.1, -0.05) is 31.2 Å². The van der Waals surface area contributed by atoms with Crippen molar-refractivity contribution < 1.29 is 20.1 Å². The maximum absolute atomic E-state index is 13.0. The molecule has 4 nitrogen and oxygen atoms in total. The molecule has 0 radical (unpaired) electrons. The first-order chi connectivity index (χ1) is 11.0. The molecular weight excluding hydrogens is 292 g/mol. The van der Waals surface area contributed by atoms with Crippen LogP contribution in [0.3, 0.4) is 0 Å². The zero-order valence-corrected chi connectivity index (χ0v) is 12.8. The van der Waals surface area contributed by atoms with E-state index in [9.17, 15) is 20.1 Å². The third-order valence-electron chi connectivity index (χ3n) is 5.02. The molecule has 0 saturated carbocycles. The summed E-state index contributed by atoms with van der Waals surface area (Å²) < 4.78 is 0. The lowest BCUT2D eigenvalue weighted by atomic mass is 9.73. The summed E-state index contributed by atoms with van der Waals surface area (Å²) in [5.74, 6) is 0.0399. The highest BCUT2D eigenvalue weighted by Crippen LogP contribution is 2.45. The highest BCUT2D eigenvalue weighted by atomic mass is 16.3. The van der Waals surface area contributed by atoms with Gasteiger partial charge in [-0.2, -0.15) is 0 Å². The number of benzene rings is 2. The standard InChI is InChI=1S/C19H18O4/c1-9-7-10-5-6-12-17(15(10)14(21)8-9)19(23)11-3-2-4-13(20)16(11)18(12)22/h2-6,9,14,18,20-22H,7-8H2,1H3/t9-,14+,18-/m1/s1. The lowest BCUT2D eigenvalue weighted by molar-refractivity contribution is 0.0991. The Hall–Kier alpha value is -2.17. The number of rotatable bonds is 0. The Balaban J connectivity index is 1.99. The molecule has 118 valence electrons. The highest BCUT2D eigenvalue weighted by molar-refractivity contribution is 6.14. The molecule has 0 aliphatic heterocycles. The lowest BCUT2D eigenvalue weighted by Crippen LogP contribution is -2.26. The Morgan fingerprint density at radius 2 is 1.87 bits per heavy atom. The predicted octanol–water partition coefficient (Wildman–Crippen LogP) is 2.63. The van der Waals surface area contributed by atoms with Crippen molar-refractivity contribution in [2.45, 2.75) is 32.0 Å². The van der Waals surface area contributed by atoms with E-state index in [0.717, 1.165) is 12.0 Å². The number of aliphatic hydroxyl groups excluding tert-OH is 2. The average Bonchev–Trinajstić information content (AvgIpc) is 2.51. The second kappa shape index (κ2) is 4.91. The number of carbonyl (C=O) groups excluding carboxylic acids is 1. The van der Waals surface area contributed by atoms with E-state index in [0.29, 0.717) is 34.6 Å². The van der Waals surface area contributed by atoms with Crippen molar-refractivity contribution in [1.29, 1.82) is 0 Å². The van der Waals surface area contributed by atoms with Crippen LogP contribution in [-0.2, 0) is 6.42 Å². The van der Waals surface area contributed by atoms with Crippen LogP contribution in [0.2, 0.25) is 0 Å². The molecule has 2 aromatic rings. The monoisotopic (exact) mass is 310 g/mol. The van der Waals surface area contributed by atoms with E-state index >= 15 is 0 Å². The first-order valence-corrected chi connectivity index (χ1v) is 7.87. The maximum atomic E-state index is 13.0. The molecule has 0 heterocycles. The van der Waals surface area contributed by atoms with Gasteiger partial charge in [-0.15, -0.1) is 0 Å². The summed E-state index contributed by atoms with van der Waals surface area (Å²) in [5, 5.41) is 31.2. The normalized spacial score (nSPS) is 25.5. The molecule has 0 amide bonds. The first-order valence-electron chi connectivity index (χ1n) is 7.87. The summed E-state index contributed by atoms with van der Waals surface area (Å²) in [7, 11) is 0. The van der Waals surface area contributed by atoms with Gasteiger partial charge in [0.25, 0.3) is 0 Å². The van der Waals surface area contributed by atoms with E-state index < -0.39 is 12.2 Å². The van der Waals surface area contributed by atoms with Gasteiger partial charge in [-0.25, -0.2) is 0 Å². The Bertz CT molecular complexity index is 824. The number of hydrogen-bond donors (Lipinski definition) is 3. The molecule has 2 aromatic carbocycles. The number of carbonyl (C=O) groups is 1. The summed E-state index contributed by atoms with van der Waals surface area (Å²) in [4.78, 5) is 13.0. The molecule has 0 saturated heterocycles. The van der Waals surface area contributed by atoms with Gasteiger partial charge in [0.15, 0.2) is 5.78 Å². The summed E-state index contributed by atoms with van der Waals surface area (Å²) in [6.45, 7) is 2.08. The van der Waals surface area contributed by atoms with Crippen LogP contribution in [0.1, 0.15) is 63.7 Å². The van der Waals surface area contributed by atoms with Crippen LogP contribution in [0.15, 0.2) is 30.3 Å². The number of phenolic OH excluding ortho intramolecular Hbond substituents is 1. The van der Waals surface area contributed by atoms with Crippen LogP contribution >= 0.6 is 0 Å². The van der Waals surface area contributed by atoms with Gasteiger partial charge in [-0.3, -0.25) is 4.79 Å². The van der Waals surface area contributed by atoms with Crippen molar-refractivity contribution in [3.63, 3.8) is 0 Å². The minimum atomic E-state index is -1.06. The molecule has 2 aliphatic carbocycles. The van der Waals surface area contributed by atoms with Gasteiger partial charge in [0.1, 0.15) is 11.9 Å². The van der Waals surface area contributed by atoms with Crippen molar-refractivity contribution in [3.05, 3.63) is 63.7 Å².